The lowest BCUT2D eigenvalue weighted by Gasteiger charge is -2.11. The van der Waals surface area contributed by atoms with Crippen LogP contribution in [0.4, 0.5) is 0 Å². The summed E-state index contributed by atoms with van der Waals surface area (Å²) in [5.41, 5.74) is 1.77. The Morgan fingerprint density at radius 1 is 1.38 bits per heavy atom. The lowest BCUT2D eigenvalue weighted by molar-refractivity contribution is 0.0943. The van der Waals surface area contributed by atoms with Crippen molar-refractivity contribution in [3.63, 3.8) is 0 Å². The summed E-state index contributed by atoms with van der Waals surface area (Å²) in [6.45, 7) is 4.55. The fourth-order valence-electron chi connectivity index (χ4n) is 1.40. The van der Waals surface area contributed by atoms with Crippen molar-refractivity contribution < 1.29 is 4.79 Å². The normalized spacial score (nSPS) is 10.9. The van der Waals surface area contributed by atoms with Crippen molar-refractivity contribution in [1.29, 1.82) is 0 Å². The van der Waals surface area contributed by atoms with Gasteiger partial charge < -0.3 is 5.32 Å². The van der Waals surface area contributed by atoms with Crippen molar-refractivity contribution in [3.05, 3.63) is 35.4 Å². The number of carbonyl (C=O) groups excluding carboxylic acids is 1. The molecule has 1 aromatic carbocycles. The van der Waals surface area contributed by atoms with E-state index >= 15 is 0 Å². The molecule has 4 heteroatoms. The number of hydrogen-bond donors (Lipinski definition) is 2. The number of nitrogens with zero attached hydrogens (tertiary/aromatic N) is 1. The van der Waals surface area contributed by atoms with E-state index in [0.29, 0.717) is 12.1 Å². The highest BCUT2D eigenvalue weighted by molar-refractivity contribution is 5.94. The smallest absolute Gasteiger partial charge is 0.251 e. The number of amides is 1. The van der Waals surface area contributed by atoms with Gasteiger partial charge in [0.05, 0.1) is 0 Å². The average molecular weight is 221 g/mol. The first kappa shape index (κ1) is 12.7. The number of rotatable bonds is 4. The minimum atomic E-state index is -0.0392. The van der Waals surface area contributed by atoms with Crippen molar-refractivity contribution in [2.75, 3.05) is 7.05 Å². The Kier molecular flexibility index (Phi) is 4.46. The molecule has 1 rings (SSSR count). The van der Waals surface area contributed by atoms with Gasteiger partial charge in [0.1, 0.15) is 0 Å². The molecule has 3 N–H and O–H groups in total. The fraction of sp³-hybridized carbons (Fsp3) is 0.417. The minimum absolute atomic E-state index is 0.0392. The van der Waals surface area contributed by atoms with E-state index in [-0.39, 0.29) is 11.9 Å². The van der Waals surface area contributed by atoms with Crippen LogP contribution in [0.5, 0.6) is 0 Å². The summed E-state index contributed by atoms with van der Waals surface area (Å²) in [4.78, 5) is 11.6. The zero-order valence-corrected chi connectivity index (χ0v) is 10.0. The van der Waals surface area contributed by atoms with Crippen LogP contribution >= 0.6 is 0 Å². The SMILES string of the molecule is CC(C)NC(=O)c1ccc(CN(C)N)cc1. The third-order valence-corrected chi connectivity index (χ3v) is 2.07. The van der Waals surface area contributed by atoms with E-state index in [2.05, 4.69) is 5.32 Å². The van der Waals surface area contributed by atoms with Gasteiger partial charge in [-0.3, -0.25) is 10.6 Å². The zero-order chi connectivity index (χ0) is 12.1. The minimum Gasteiger partial charge on any atom is -0.350 e. The summed E-state index contributed by atoms with van der Waals surface area (Å²) in [5, 5.41) is 4.45. The molecule has 1 aromatic rings. The van der Waals surface area contributed by atoms with E-state index in [0.717, 1.165) is 5.56 Å². The summed E-state index contributed by atoms with van der Waals surface area (Å²) in [6.07, 6.45) is 0. The molecule has 0 unspecified atom stereocenters. The molecule has 1 amide bonds. The van der Waals surface area contributed by atoms with Crippen LogP contribution < -0.4 is 11.2 Å². The average Bonchev–Trinajstić information content (AvgIpc) is 2.16. The predicted octanol–water partition coefficient (Wildman–Crippen LogP) is 1.13. The van der Waals surface area contributed by atoms with E-state index in [4.69, 9.17) is 5.84 Å². The van der Waals surface area contributed by atoms with Crippen molar-refractivity contribution in [1.82, 2.24) is 10.3 Å². The molecule has 0 bridgehead atoms. The number of hydrazine groups is 1. The van der Waals surface area contributed by atoms with Crippen molar-refractivity contribution in [2.45, 2.75) is 26.4 Å². The number of carbonyl (C=O) groups is 1. The molecule has 0 aliphatic rings. The molecule has 0 aliphatic carbocycles. The predicted molar refractivity (Wildman–Crippen MR) is 64.7 cm³/mol. The maximum Gasteiger partial charge on any atom is 0.251 e. The molecule has 4 nitrogen and oxygen atoms in total. The molecule has 0 radical (unpaired) electrons. The Morgan fingerprint density at radius 2 is 1.94 bits per heavy atom. The van der Waals surface area contributed by atoms with Gasteiger partial charge in [-0.15, -0.1) is 0 Å². The topological polar surface area (TPSA) is 58.4 Å². The first-order valence-corrected chi connectivity index (χ1v) is 5.34. The summed E-state index contributed by atoms with van der Waals surface area (Å²) in [5.74, 6) is 5.50. The second-order valence-electron chi connectivity index (χ2n) is 4.24. The molecule has 0 fully saturated rings. The van der Waals surface area contributed by atoms with Gasteiger partial charge in [-0.2, -0.15) is 0 Å². The van der Waals surface area contributed by atoms with Crippen molar-refractivity contribution in [3.8, 4) is 0 Å². The van der Waals surface area contributed by atoms with Crippen LogP contribution in [0.2, 0.25) is 0 Å². The summed E-state index contributed by atoms with van der Waals surface area (Å²) >= 11 is 0. The van der Waals surface area contributed by atoms with Crippen LogP contribution in [-0.4, -0.2) is 24.0 Å². The molecule has 0 saturated heterocycles. The largest absolute Gasteiger partial charge is 0.350 e. The number of nitrogens with one attached hydrogen (secondary N) is 1. The Morgan fingerprint density at radius 3 is 2.38 bits per heavy atom. The number of benzene rings is 1. The lowest BCUT2D eigenvalue weighted by atomic mass is 10.1. The maximum atomic E-state index is 11.6. The standard InChI is InChI=1S/C12H19N3O/c1-9(2)14-12(16)11-6-4-10(5-7-11)8-15(3)13/h4-7,9H,8,13H2,1-3H3,(H,14,16). The Bertz CT molecular complexity index is 344. The van der Waals surface area contributed by atoms with Crippen LogP contribution in [0.3, 0.4) is 0 Å². The molecular weight excluding hydrogens is 202 g/mol. The van der Waals surface area contributed by atoms with E-state index in [1.165, 1.54) is 0 Å². The van der Waals surface area contributed by atoms with Gasteiger partial charge in [0.15, 0.2) is 0 Å². The van der Waals surface area contributed by atoms with Gasteiger partial charge >= 0.3 is 0 Å². The quantitative estimate of drug-likeness (QED) is 0.592. The monoisotopic (exact) mass is 221 g/mol. The Hall–Kier alpha value is -1.39. The number of hydrogen-bond acceptors (Lipinski definition) is 3. The van der Waals surface area contributed by atoms with Gasteiger partial charge in [0.2, 0.25) is 0 Å². The molecule has 0 aromatic heterocycles. The molecule has 0 aliphatic heterocycles. The molecule has 0 saturated carbocycles. The first-order chi connectivity index (χ1) is 7.49. The molecule has 0 spiro atoms. The lowest BCUT2D eigenvalue weighted by Crippen LogP contribution is -2.30. The highest BCUT2D eigenvalue weighted by atomic mass is 16.1. The van der Waals surface area contributed by atoms with E-state index < -0.39 is 0 Å². The van der Waals surface area contributed by atoms with Gasteiger partial charge in [-0.05, 0) is 31.5 Å². The van der Waals surface area contributed by atoms with Crippen LogP contribution in [0, 0.1) is 0 Å². The van der Waals surface area contributed by atoms with Gasteiger partial charge in [0, 0.05) is 25.2 Å². The Labute approximate surface area is 96.4 Å². The van der Waals surface area contributed by atoms with Crippen molar-refractivity contribution in [2.24, 2.45) is 5.84 Å². The van der Waals surface area contributed by atoms with E-state index in [1.807, 2.05) is 38.1 Å². The van der Waals surface area contributed by atoms with Crippen LogP contribution in [0.1, 0.15) is 29.8 Å². The van der Waals surface area contributed by atoms with Crippen molar-refractivity contribution >= 4 is 5.91 Å². The highest BCUT2D eigenvalue weighted by Crippen LogP contribution is 2.05. The highest BCUT2D eigenvalue weighted by Gasteiger charge is 2.06. The first-order valence-electron chi connectivity index (χ1n) is 5.34. The van der Waals surface area contributed by atoms with Gasteiger partial charge in [-0.1, -0.05) is 12.1 Å². The van der Waals surface area contributed by atoms with Gasteiger partial charge in [0.25, 0.3) is 5.91 Å². The molecule has 88 valence electrons. The van der Waals surface area contributed by atoms with Crippen LogP contribution in [-0.2, 0) is 6.54 Å². The second-order valence-corrected chi connectivity index (χ2v) is 4.24. The van der Waals surface area contributed by atoms with E-state index in [1.54, 1.807) is 12.1 Å². The zero-order valence-electron chi connectivity index (χ0n) is 10.0. The van der Waals surface area contributed by atoms with E-state index in [9.17, 15) is 4.79 Å². The third-order valence-electron chi connectivity index (χ3n) is 2.07. The summed E-state index contributed by atoms with van der Waals surface area (Å²) in [6, 6.07) is 7.62. The molecular formula is C12H19N3O. The fourth-order valence-corrected chi connectivity index (χ4v) is 1.40. The molecule has 0 heterocycles. The second kappa shape index (κ2) is 5.63. The summed E-state index contributed by atoms with van der Waals surface area (Å²) < 4.78 is 0. The number of nitrogens with two attached hydrogens (primary N) is 1. The van der Waals surface area contributed by atoms with Crippen LogP contribution in [0.15, 0.2) is 24.3 Å². The third kappa shape index (κ3) is 4.00. The van der Waals surface area contributed by atoms with Crippen LogP contribution in [0.25, 0.3) is 0 Å². The molecule has 16 heavy (non-hydrogen) atoms. The van der Waals surface area contributed by atoms with Gasteiger partial charge in [-0.25, -0.2) is 5.01 Å². The summed E-state index contributed by atoms with van der Waals surface area (Å²) in [7, 11) is 1.80. The maximum absolute atomic E-state index is 11.6. The molecule has 0 atom stereocenters. The Balaban J connectivity index is 2.67.